The van der Waals surface area contributed by atoms with E-state index in [1.54, 1.807) is 18.2 Å². The minimum absolute atomic E-state index is 0.104. The first kappa shape index (κ1) is 41.0. The molecule has 2 fully saturated rings. The van der Waals surface area contributed by atoms with Crippen LogP contribution in [-0.2, 0) is 34.3 Å². The van der Waals surface area contributed by atoms with Crippen LogP contribution in [-0.4, -0.2) is 57.6 Å². The van der Waals surface area contributed by atoms with Gasteiger partial charge >= 0.3 is 0 Å². The van der Waals surface area contributed by atoms with E-state index < -0.39 is 6.10 Å². The SMILES string of the molecule is NC1C=CC2=C(N1)n1cc3cc([C@@]45CCO[C@@H]6CC[C@@H](C[C@@H]64)c4ccccc45)cc(c3c1)COc1cc(ccc1O)CC[C@@H](O)C[C@H](CCCCCCc1ccc(O)cc1)OC2. The third kappa shape index (κ3) is 8.16. The van der Waals surface area contributed by atoms with E-state index in [1.807, 2.05) is 30.3 Å². The first-order valence-electron chi connectivity index (χ1n) is 23.1. The molecule has 1 saturated carbocycles. The molecule has 1 aromatic heterocycles. The lowest BCUT2D eigenvalue weighted by Crippen LogP contribution is -2.54. The van der Waals surface area contributed by atoms with Gasteiger partial charge in [-0.25, -0.2) is 0 Å². The zero-order chi connectivity index (χ0) is 42.2. The number of aliphatic hydroxyl groups excluding tert-OH is 1. The van der Waals surface area contributed by atoms with Crippen LogP contribution in [0.15, 0.2) is 109 Å². The monoisotopic (exact) mass is 835 g/mol. The summed E-state index contributed by atoms with van der Waals surface area (Å²) in [5.41, 5.74) is 14.9. The topological polar surface area (TPSA) is 131 Å². The van der Waals surface area contributed by atoms with Crippen molar-refractivity contribution in [2.45, 2.75) is 126 Å². The molecule has 1 saturated heterocycles. The molecule has 7 atom stereocenters. The van der Waals surface area contributed by atoms with E-state index in [0.717, 1.165) is 97.7 Å². The Balaban J connectivity index is 0.997. The Labute approximate surface area is 365 Å². The molecule has 0 spiro atoms. The molecule has 9 heteroatoms. The highest BCUT2D eigenvalue weighted by Crippen LogP contribution is 2.60. The van der Waals surface area contributed by atoms with Crippen molar-refractivity contribution in [3.05, 3.63) is 142 Å². The molecular weight excluding hydrogens is 775 g/mol. The fraction of sp³-hybridized carbons (Fsp3) is 0.434. The van der Waals surface area contributed by atoms with E-state index in [0.29, 0.717) is 49.2 Å². The highest BCUT2D eigenvalue weighted by atomic mass is 16.5. The summed E-state index contributed by atoms with van der Waals surface area (Å²) in [7, 11) is 0. The molecule has 9 nitrogen and oxygen atoms in total. The van der Waals surface area contributed by atoms with E-state index in [4.69, 9.17) is 19.9 Å². The van der Waals surface area contributed by atoms with Crippen molar-refractivity contribution in [2.75, 3.05) is 13.2 Å². The molecular formula is C53H61N3O6. The summed E-state index contributed by atoms with van der Waals surface area (Å²) < 4.78 is 22.1. The number of hydrogen-bond acceptors (Lipinski definition) is 8. The van der Waals surface area contributed by atoms with Gasteiger partial charge in [0.05, 0.1) is 31.1 Å². The Morgan fingerprint density at radius 1 is 0.855 bits per heavy atom. The van der Waals surface area contributed by atoms with Gasteiger partial charge < -0.3 is 45.1 Å². The number of fused-ring (bicyclic) bond motifs is 8. The van der Waals surface area contributed by atoms with Crippen LogP contribution in [0, 0.1) is 5.92 Å². The number of dihydropyridines is 1. The molecule has 4 heterocycles. The molecule has 10 rings (SSSR count). The molecule has 324 valence electrons. The van der Waals surface area contributed by atoms with Gasteiger partial charge in [0.15, 0.2) is 11.5 Å². The van der Waals surface area contributed by atoms with E-state index in [1.165, 1.54) is 28.7 Å². The van der Waals surface area contributed by atoms with E-state index in [-0.39, 0.29) is 36.1 Å². The molecule has 6 bridgehead atoms. The van der Waals surface area contributed by atoms with Crippen LogP contribution in [0.4, 0.5) is 0 Å². The molecule has 1 unspecified atom stereocenters. The van der Waals surface area contributed by atoms with Gasteiger partial charge in [0.2, 0.25) is 0 Å². The number of nitrogens with two attached hydrogens (primary N) is 1. The second kappa shape index (κ2) is 17.6. The lowest BCUT2D eigenvalue weighted by atomic mass is 9.51. The number of rotatable bonds is 8. The fourth-order valence-electron chi connectivity index (χ4n) is 11.5. The number of hydrogen-bond donors (Lipinski definition) is 5. The highest BCUT2D eigenvalue weighted by molar-refractivity contribution is 5.88. The molecule has 0 amide bonds. The number of ether oxygens (including phenoxy) is 3. The average Bonchev–Trinajstić information content (AvgIpc) is 3.73. The zero-order valence-electron chi connectivity index (χ0n) is 35.7. The third-order valence-corrected chi connectivity index (χ3v) is 14.7. The average molecular weight is 836 g/mol. The summed E-state index contributed by atoms with van der Waals surface area (Å²) in [6.45, 7) is 1.39. The van der Waals surface area contributed by atoms with E-state index in [2.05, 4.69) is 64.8 Å². The number of nitrogens with zero attached hydrogens (tertiary/aromatic N) is 1. The first-order chi connectivity index (χ1) is 30.3. The first-order valence-corrected chi connectivity index (χ1v) is 23.1. The molecule has 0 radical (unpaired) electrons. The number of phenols is 2. The Hall–Kier alpha value is -5.06. The molecule has 62 heavy (non-hydrogen) atoms. The van der Waals surface area contributed by atoms with Crippen molar-refractivity contribution in [2.24, 2.45) is 11.7 Å². The Morgan fingerprint density at radius 2 is 1.73 bits per heavy atom. The number of unbranched alkanes of at least 4 members (excludes halogenated alkanes) is 3. The van der Waals surface area contributed by atoms with Crippen molar-refractivity contribution in [3.63, 3.8) is 0 Å². The largest absolute Gasteiger partial charge is 0.508 e. The molecule has 4 aromatic carbocycles. The normalized spacial score (nSPS) is 27.1. The number of aromatic hydroxyl groups is 2. The summed E-state index contributed by atoms with van der Waals surface area (Å²) in [6.07, 6.45) is 19.9. The van der Waals surface area contributed by atoms with Gasteiger partial charge in [-0.3, -0.25) is 0 Å². The molecule has 6 N–H and O–H groups in total. The lowest BCUT2D eigenvalue weighted by molar-refractivity contribution is -0.0894. The van der Waals surface area contributed by atoms with Crippen molar-refractivity contribution >= 4 is 16.6 Å². The quantitative estimate of drug-likeness (QED) is 0.0978. The minimum atomic E-state index is -0.551. The van der Waals surface area contributed by atoms with Crippen LogP contribution in [0.2, 0.25) is 0 Å². The van der Waals surface area contributed by atoms with Crippen LogP contribution in [0.5, 0.6) is 17.2 Å². The Bertz CT molecular complexity index is 2460. The predicted octanol–water partition coefficient (Wildman–Crippen LogP) is 9.49. The van der Waals surface area contributed by atoms with Gasteiger partial charge in [0.1, 0.15) is 18.2 Å². The highest BCUT2D eigenvalue weighted by Gasteiger charge is 2.55. The maximum Gasteiger partial charge on any atom is 0.161 e. The van der Waals surface area contributed by atoms with Crippen LogP contribution in [0.3, 0.4) is 0 Å². The van der Waals surface area contributed by atoms with Crippen LogP contribution >= 0.6 is 0 Å². The van der Waals surface area contributed by atoms with Gasteiger partial charge in [0, 0.05) is 40.8 Å². The summed E-state index contributed by atoms with van der Waals surface area (Å²) >= 11 is 0. The number of phenolic OH excluding ortho intramolecular Hbond substituents is 2. The second-order valence-corrected chi connectivity index (χ2v) is 18.6. The molecule has 5 aliphatic rings. The van der Waals surface area contributed by atoms with Gasteiger partial charge in [-0.2, -0.15) is 0 Å². The Morgan fingerprint density at radius 3 is 2.63 bits per heavy atom. The maximum absolute atomic E-state index is 11.4. The van der Waals surface area contributed by atoms with Gasteiger partial charge in [-0.15, -0.1) is 0 Å². The second-order valence-electron chi connectivity index (χ2n) is 18.6. The van der Waals surface area contributed by atoms with E-state index >= 15 is 0 Å². The molecule has 2 aliphatic carbocycles. The zero-order valence-corrected chi connectivity index (χ0v) is 35.7. The fourth-order valence-corrected chi connectivity index (χ4v) is 11.5. The number of benzene rings is 4. The predicted molar refractivity (Wildman–Crippen MR) is 243 cm³/mol. The molecule has 3 aliphatic heterocycles. The van der Waals surface area contributed by atoms with Gasteiger partial charge in [-0.1, -0.05) is 73.9 Å². The molecule has 5 aromatic rings. The maximum atomic E-state index is 11.4. The third-order valence-electron chi connectivity index (χ3n) is 14.7. The van der Waals surface area contributed by atoms with Gasteiger partial charge in [-0.05, 0) is 146 Å². The Kier molecular flexibility index (Phi) is 11.6. The van der Waals surface area contributed by atoms with Crippen molar-refractivity contribution in [1.82, 2.24) is 9.88 Å². The van der Waals surface area contributed by atoms with Crippen molar-refractivity contribution in [3.8, 4) is 17.2 Å². The number of aliphatic hydroxyl groups is 1. The van der Waals surface area contributed by atoms with Crippen LogP contribution < -0.4 is 15.8 Å². The summed E-state index contributed by atoms with van der Waals surface area (Å²) in [6, 6.07) is 27.0. The number of aromatic nitrogens is 1. The number of aryl methyl sites for hydroxylation is 2. The summed E-state index contributed by atoms with van der Waals surface area (Å²) in [5.74, 6) is 2.68. The lowest BCUT2D eigenvalue weighted by Gasteiger charge is -2.56. The van der Waals surface area contributed by atoms with E-state index in [9.17, 15) is 15.3 Å². The van der Waals surface area contributed by atoms with Crippen LogP contribution in [0.25, 0.3) is 16.6 Å². The summed E-state index contributed by atoms with van der Waals surface area (Å²) in [4.78, 5) is 0. The van der Waals surface area contributed by atoms with Gasteiger partial charge in [0.25, 0.3) is 0 Å². The van der Waals surface area contributed by atoms with Crippen molar-refractivity contribution < 1.29 is 29.5 Å². The standard InChI is InChI=1S/C53H61N3O6/c54-51-22-16-37-32-61-43(8-4-2-1-3-7-34-11-17-41(57)18-12-34)29-42(58)19-13-35-14-20-48(59)50(25-35)62-33-39-27-40(26-38-30-56(31-45(38)39)52(37)55-51)53-23-24-60-49-21-15-36(28-47(49)53)44-9-5-6-10-46(44)53/h5-6,9-12,14,16-18,20,22,25-27,30-31,36,42-43,47,49,51,55,57-59H,1-4,7-8,13,15,19,21,23-24,28-29,32-33,54H2/t36-,42+,43-,47-,49+,51?,53+/m0/s1. The van der Waals surface area contributed by atoms with Crippen molar-refractivity contribution in [1.29, 1.82) is 0 Å². The summed E-state index contributed by atoms with van der Waals surface area (Å²) in [5, 5.41) is 37.9. The smallest absolute Gasteiger partial charge is 0.161 e. The number of nitrogens with one attached hydrogen (secondary N) is 1. The minimum Gasteiger partial charge on any atom is -0.508 e. The van der Waals surface area contributed by atoms with Crippen LogP contribution in [0.1, 0.15) is 110 Å².